The molecular formula is C13H21N3S. The highest BCUT2D eigenvalue weighted by molar-refractivity contribution is 7.09. The van der Waals surface area contributed by atoms with Crippen LogP contribution in [0.2, 0.25) is 0 Å². The Bertz CT molecular complexity index is 340. The number of aliphatic imine (C=N–C) groups is 1. The fourth-order valence-corrected chi connectivity index (χ4v) is 2.86. The molecular weight excluding hydrogens is 230 g/mol. The Morgan fingerprint density at radius 1 is 1.41 bits per heavy atom. The Balaban J connectivity index is 1.76. The largest absolute Gasteiger partial charge is 0.354 e. The van der Waals surface area contributed by atoms with Crippen LogP contribution in [0.5, 0.6) is 0 Å². The van der Waals surface area contributed by atoms with E-state index in [9.17, 15) is 0 Å². The molecule has 2 N–H and O–H groups in total. The Morgan fingerprint density at radius 2 is 2.24 bits per heavy atom. The summed E-state index contributed by atoms with van der Waals surface area (Å²) >= 11 is 1.78. The molecule has 0 amide bonds. The van der Waals surface area contributed by atoms with Crippen molar-refractivity contribution in [2.45, 2.75) is 44.7 Å². The van der Waals surface area contributed by atoms with E-state index >= 15 is 0 Å². The lowest BCUT2D eigenvalue weighted by Gasteiger charge is -2.24. The van der Waals surface area contributed by atoms with Crippen molar-refractivity contribution in [3.05, 3.63) is 22.4 Å². The van der Waals surface area contributed by atoms with Gasteiger partial charge in [-0.1, -0.05) is 25.3 Å². The highest BCUT2D eigenvalue weighted by atomic mass is 32.1. The van der Waals surface area contributed by atoms with Gasteiger partial charge in [-0.2, -0.15) is 0 Å². The maximum Gasteiger partial charge on any atom is 0.191 e. The first-order chi connectivity index (χ1) is 8.38. The molecule has 0 unspecified atom stereocenters. The van der Waals surface area contributed by atoms with E-state index in [2.05, 4.69) is 33.1 Å². The number of hydrogen-bond donors (Lipinski definition) is 2. The molecule has 0 radical (unpaired) electrons. The first-order valence-electron chi connectivity index (χ1n) is 6.38. The van der Waals surface area contributed by atoms with E-state index < -0.39 is 0 Å². The first kappa shape index (κ1) is 12.4. The third kappa shape index (κ3) is 4.04. The van der Waals surface area contributed by atoms with Gasteiger partial charge in [0, 0.05) is 18.0 Å². The molecule has 2 rings (SSSR count). The molecule has 1 aliphatic carbocycles. The normalized spacial score (nSPS) is 18.1. The van der Waals surface area contributed by atoms with E-state index in [4.69, 9.17) is 0 Å². The smallest absolute Gasteiger partial charge is 0.191 e. The van der Waals surface area contributed by atoms with Crippen LogP contribution in [0.3, 0.4) is 0 Å². The van der Waals surface area contributed by atoms with Gasteiger partial charge < -0.3 is 10.6 Å². The van der Waals surface area contributed by atoms with Crippen LogP contribution in [0.25, 0.3) is 0 Å². The summed E-state index contributed by atoms with van der Waals surface area (Å²) in [6.45, 7) is 0.865. The van der Waals surface area contributed by atoms with Crippen LogP contribution in [0.15, 0.2) is 22.5 Å². The standard InChI is InChI=1S/C13H21N3S/c1-14-13(15-10-12-8-5-9-17-12)16-11-6-3-2-4-7-11/h5,8-9,11H,2-4,6-7,10H2,1H3,(H2,14,15,16). The number of rotatable bonds is 3. The van der Waals surface area contributed by atoms with Crippen molar-refractivity contribution in [3.63, 3.8) is 0 Å². The van der Waals surface area contributed by atoms with Crippen LogP contribution in [0.4, 0.5) is 0 Å². The number of hydrogen-bond acceptors (Lipinski definition) is 2. The SMILES string of the molecule is CN=C(NCc1cccs1)NC1CCCCC1. The Labute approximate surface area is 107 Å². The van der Waals surface area contributed by atoms with Gasteiger partial charge in [-0.05, 0) is 24.3 Å². The predicted molar refractivity (Wildman–Crippen MR) is 74.5 cm³/mol. The molecule has 1 aliphatic rings. The molecule has 0 saturated heterocycles. The van der Waals surface area contributed by atoms with E-state index in [0.717, 1.165) is 12.5 Å². The van der Waals surface area contributed by atoms with Crippen LogP contribution in [-0.4, -0.2) is 19.0 Å². The zero-order chi connectivity index (χ0) is 11.9. The highest BCUT2D eigenvalue weighted by Gasteiger charge is 2.14. The van der Waals surface area contributed by atoms with Crippen molar-refractivity contribution >= 4 is 17.3 Å². The highest BCUT2D eigenvalue weighted by Crippen LogP contribution is 2.17. The van der Waals surface area contributed by atoms with E-state index in [-0.39, 0.29) is 0 Å². The quantitative estimate of drug-likeness (QED) is 0.640. The second-order valence-corrected chi connectivity index (χ2v) is 5.52. The van der Waals surface area contributed by atoms with Crippen molar-refractivity contribution in [1.29, 1.82) is 0 Å². The summed E-state index contributed by atoms with van der Waals surface area (Å²) in [6.07, 6.45) is 6.64. The van der Waals surface area contributed by atoms with Crippen LogP contribution in [0, 0.1) is 0 Å². The average molecular weight is 251 g/mol. The Morgan fingerprint density at radius 3 is 2.88 bits per heavy atom. The molecule has 0 aromatic carbocycles. The second-order valence-electron chi connectivity index (χ2n) is 4.48. The van der Waals surface area contributed by atoms with Gasteiger partial charge in [-0.15, -0.1) is 11.3 Å². The third-order valence-electron chi connectivity index (χ3n) is 3.18. The first-order valence-corrected chi connectivity index (χ1v) is 7.26. The van der Waals surface area contributed by atoms with Gasteiger partial charge in [0.2, 0.25) is 0 Å². The summed E-state index contributed by atoms with van der Waals surface area (Å²) in [4.78, 5) is 5.62. The van der Waals surface area contributed by atoms with E-state index in [1.165, 1.54) is 37.0 Å². The van der Waals surface area contributed by atoms with Gasteiger partial charge in [0.15, 0.2) is 5.96 Å². The molecule has 4 heteroatoms. The molecule has 0 spiro atoms. The summed E-state index contributed by atoms with van der Waals surface area (Å²) in [5.74, 6) is 0.935. The topological polar surface area (TPSA) is 36.4 Å². The van der Waals surface area contributed by atoms with Gasteiger partial charge >= 0.3 is 0 Å². The molecule has 3 nitrogen and oxygen atoms in total. The summed E-state index contributed by atoms with van der Waals surface area (Å²) in [7, 11) is 1.84. The maximum absolute atomic E-state index is 4.28. The molecule has 1 heterocycles. The van der Waals surface area contributed by atoms with Gasteiger partial charge in [0.05, 0.1) is 6.54 Å². The van der Waals surface area contributed by atoms with E-state index in [1.807, 2.05) is 7.05 Å². The van der Waals surface area contributed by atoms with Crippen molar-refractivity contribution < 1.29 is 0 Å². The fourth-order valence-electron chi connectivity index (χ4n) is 2.22. The fraction of sp³-hybridized carbons (Fsp3) is 0.615. The maximum atomic E-state index is 4.28. The molecule has 0 aliphatic heterocycles. The summed E-state index contributed by atoms with van der Waals surface area (Å²) in [6, 6.07) is 4.84. The van der Waals surface area contributed by atoms with Gasteiger partial charge in [0.1, 0.15) is 0 Å². The van der Waals surface area contributed by atoms with Crippen molar-refractivity contribution in [1.82, 2.24) is 10.6 Å². The minimum Gasteiger partial charge on any atom is -0.354 e. The van der Waals surface area contributed by atoms with Crippen LogP contribution < -0.4 is 10.6 Å². The van der Waals surface area contributed by atoms with Gasteiger partial charge in [-0.25, -0.2) is 0 Å². The van der Waals surface area contributed by atoms with Gasteiger partial charge in [0.25, 0.3) is 0 Å². The van der Waals surface area contributed by atoms with Crippen LogP contribution in [-0.2, 0) is 6.54 Å². The van der Waals surface area contributed by atoms with Gasteiger partial charge in [-0.3, -0.25) is 4.99 Å². The van der Waals surface area contributed by atoms with E-state index in [1.54, 1.807) is 11.3 Å². The number of thiophene rings is 1. The van der Waals surface area contributed by atoms with Crippen LogP contribution >= 0.6 is 11.3 Å². The summed E-state index contributed by atoms with van der Waals surface area (Å²) in [5, 5.41) is 8.99. The third-order valence-corrected chi connectivity index (χ3v) is 4.06. The zero-order valence-electron chi connectivity index (χ0n) is 10.4. The molecule has 1 aromatic rings. The Hall–Kier alpha value is -1.03. The molecule has 1 saturated carbocycles. The molecule has 17 heavy (non-hydrogen) atoms. The van der Waals surface area contributed by atoms with E-state index in [0.29, 0.717) is 6.04 Å². The monoisotopic (exact) mass is 251 g/mol. The molecule has 0 bridgehead atoms. The van der Waals surface area contributed by atoms with Crippen LogP contribution in [0.1, 0.15) is 37.0 Å². The molecule has 94 valence electrons. The van der Waals surface area contributed by atoms with Crippen molar-refractivity contribution in [2.75, 3.05) is 7.05 Å². The summed E-state index contributed by atoms with van der Waals surface area (Å²) in [5.41, 5.74) is 0. The van der Waals surface area contributed by atoms with Crippen molar-refractivity contribution in [3.8, 4) is 0 Å². The number of nitrogens with one attached hydrogen (secondary N) is 2. The lowest BCUT2D eigenvalue weighted by atomic mass is 9.96. The van der Waals surface area contributed by atoms with Crippen molar-refractivity contribution in [2.24, 2.45) is 4.99 Å². The lowest BCUT2D eigenvalue weighted by Crippen LogP contribution is -2.43. The molecule has 0 atom stereocenters. The molecule has 1 aromatic heterocycles. The minimum absolute atomic E-state index is 0.610. The zero-order valence-corrected chi connectivity index (χ0v) is 11.2. The average Bonchev–Trinajstić information content (AvgIpc) is 2.89. The molecule has 1 fully saturated rings. The predicted octanol–water partition coefficient (Wildman–Crippen LogP) is 2.75. The lowest BCUT2D eigenvalue weighted by molar-refractivity contribution is 0.410. The second kappa shape index (κ2) is 6.64. The number of guanidine groups is 1. The number of nitrogens with zero attached hydrogens (tertiary/aromatic N) is 1. The minimum atomic E-state index is 0.610. The summed E-state index contributed by atoms with van der Waals surface area (Å²) < 4.78 is 0. The Kier molecular flexibility index (Phi) is 4.86.